The van der Waals surface area contributed by atoms with Crippen LogP contribution in [0.15, 0.2) is 115 Å². The van der Waals surface area contributed by atoms with E-state index in [0.717, 1.165) is 59.8 Å². The van der Waals surface area contributed by atoms with Crippen LogP contribution in [0, 0.1) is 0 Å². The first kappa shape index (κ1) is 23.2. The summed E-state index contributed by atoms with van der Waals surface area (Å²) in [6.07, 6.45) is 8.36. The van der Waals surface area contributed by atoms with Crippen LogP contribution in [0.2, 0.25) is 0 Å². The van der Waals surface area contributed by atoms with Crippen LogP contribution < -0.4 is 14.4 Å². The zero-order valence-electron chi connectivity index (χ0n) is 21.1. The predicted octanol–water partition coefficient (Wildman–Crippen LogP) is 8.27. The van der Waals surface area contributed by atoms with Crippen molar-refractivity contribution in [1.82, 2.24) is 0 Å². The molecule has 0 amide bonds. The fourth-order valence-corrected chi connectivity index (χ4v) is 5.14. The van der Waals surface area contributed by atoms with Crippen molar-refractivity contribution in [2.45, 2.75) is 38.6 Å². The number of ether oxygens (including phenoxy) is 2. The Hall–Kier alpha value is -4.24. The number of benzene rings is 4. The first-order valence-corrected chi connectivity index (χ1v) is 13.1. The van der Waals surface area contributed by atoms with Gasteiger partial charge in [-0.25, -0.2) is 0 Å². The highest BCUT2D eigenvalue weighted by atomic mass is 16.7. The summed E-state index contributed by atoms with van der Waals surface area (Å²) in [5.41, 5.74) is 6.97. The van der Waals surface area contributed by atoms with E-state index in [1.807, 2.05) is 18.2 Å². The SMILES string of the molecule is CCCC1=Cc2ccc(N(Cc3ccccc3)Cc3ccccc3)cc2OC12C=Cc1ccccc1O2. The Labute approximate surface area is 219 Å². The summed E-state index contributed by atoms with van der Waals surface area (Å²) in [6, 6.07) is 35.9. The molecule has 37 heavy (non-hydrogen) atoms. The Balaban J connectivity index is 1.37. The van der Waals surface area contributed by atoms with Crippen molar-refractivity contribution in [3.8, 4) is 11.5 Å². The number of hydrogen-bond donors (Lipinski definition) is 0. The fraction of sp³-hybridized carbons (Fsp3) is 0.176. The quantitative estimate of drug-likeness (QED) is 0.263. The van der Waals surface area contributed by atoms with Gasteiger partial charge in [-0.1, -0.05) is 92.2 Å². The van der Waals surface area contributed by atoms with Crippen molar-refractivity contribution in [3.05, 3.63) is 137 Å². The molecular weight excluding hydrogens is 454 g/mol. The number of para-hydroxylation sites is 1. The van der Waals surface area contributed by atoms with E-state index >= 15 is 0 Å². The monoisotopic (exact) mass is 485 g/mol. The maximum atomic E-state index is 6.77. The van der Waals surface area contributed by atoms with Crippen molar-refractivity contribution in [2.75, 3.05) is 4.90 Å². The maximum Gasteiger partial charge on any atom is 0.294 e. The smallest absolute Gasteiger partial charge is 0.294 e. The van der Waals surface area contributed by atoms with Gasteiger partial charge in [-0.3, -0.25) is 0 Å². The molecule has 3 nitrogen and oxygen atoms in total. The number of nitrogens with zero attached hydrogens (tertiary/aromatic N) is 1. The second-order valence-corrected chi connectivity index (χ2v) is 9.71. The van der Waals surface area contributed by atoms with E-state index in [4.69, 9.17) is 9.47 Å². The molecule has 184 valence electrons. The second-order valence-electron chi connectivity index (χ2n) is 9.71. The molecule has 0 radical (unpaired) electrons. The topological polar surface area (TPSA) is 21.7 Å². The van der Waals surface area contributed by atoms with Crippen molar-refractivity contribution < 1.29 is 9.47 Å². The van der Waals surface area contributed by atoms with Crippen LogP contribution in [0.4, 0.5) is 5.69 Å². The molecule has 0 aromatic heterocycles. The summed E-state index contributed by atoms with van der Waals surface area (Å²) >= 11 is 0. The van der Waals surface area contributed by atoms with Crippen LogP contribution in [-0.4, -0.2) is 5.79 Å². The molecule has 0 aliphatic carbocycles. The molecule has 4 aromatic carbocycles. The van der Waals surface area contributed by atoms with Gasteiger partial charge in [0, 0.05) is 47.6 Å². The summed E-state index contributed by atoms with van der Waals surface area (Å²) < 4.78 is 13.4. The highest BCUT2D eigenvalue weighted by Crippen LogP contribution is 2.44. The van der Waals surface area contributed by atoms with E-state index in [2.05, 4.69) is 115 Å². The molecule has 0 saturated heterocycles. The fourth-order valence-electron chi connectivity index (χ4n) is 5.14. The lowest BCUT2D eigenvalue weighted by atomic mass is 9.92. The van der Waals surface area contributed by atoms with E-state index in [-0.39, 0.29) is 0 Å². The van der Waals surface area contributed by atoms with Crippen LogP contribution in [0.3, 0.4) is 0 Å². The standard InChI is InChI=1S/C34H31NO2/c1-2-11-30-22-29-18-19-31(23-33(29)37-34(30)21-20-28-16-9-10-17-32(28)36-34)35(24-26-12-5-3-6-13-26)25-27-14-7-4-8-15-27/h3-10,12-23H,2,11,24-25H2,1H3. The highest BCUT2D eigenvalue weighted by molar-refractivity contribution is 5.71. The van der Waals surface area contributed by atoms with Crippen LogP contribution >= 0.6 is 0 Å². The van der Waals surface area contributed by atoms with Gasteiger partial charge in [-0.2, -0.15) is 0 Å². The first-order valence-electron chi connectivity index (χ1n) is 13.1. The summed E-state index contributed by atoms with van der Waals surface area (Å²) in [5, 5.41) is 0. The maximum absolute atomic E-state index is 6.77. The molecule has 3 heteroatoms. The van der Waals surface area contributed by atoms with Crippen molar-refractivity contribution >= 4 is 17.8 Å². The second kappa shape index (κ2) is 10.0. The number of rotatable bonds is 7. The zero-order valence-corrected chi connectivity index (χ0v) is 21.1. The van der Waals surface area contributed by atoms with E-state index < -0.39 is 5.79 Å². The van der Waals surface area contributed by atoms with Crippen LogP contribution in [0.25, 0.3) is 12.2 Å². The minimum Gasteiger partial charge on any atom is -0.444 e. The molecule has 2 heterocycles. The van der Waals surface area contributed by atoms with Gasteiger partial charge in [-0.05, 0) is 47.9 Å². The molecular formula is C34H31NO2. The molecule has 0 N–H and O–H groups in total. The van der Waals surface area contributed by atoms with E-state index in [1.165, 1.54) is 11.1 Å². The summed E-state index contributed by atoms with van der Waals surface area (Å²) in [6.45, 7) is 3.80. The average Bonchev–Trinajstić information content (AvgIpc) is 2.94. The van der Waals surface area contributed by atoms with Gasteiger partial charge in [0.25, 0.3) is 5.79 Å². The van der Waals surface area contributed by atoms with Crippen LogP contribution in [-0.2, 0) is 13.1 Å². The third-order valence-electron chi connectivity index (χ3n) is 7.02. The molecule has 4 aromatic rings. The third kappa shape index (κ3) is 4.77. The largest absolute Gasteiger partial charge is 0.444 e. The predicted molar refractivity (Wildman–Crippen MR) is 152 cm³/mol. The lowest BCUT2D eigenvalue weighted by Gasteiger charge is -2.40. The molecule has 0 fully saturated rings. The summed E-state index contributed by atoms with van der Waals surface area (Å²) in [4.78, 5) is 2.40. The van der Waals surface area contributed by atoms with E-state index in [9.17, 15) is 0 Å². The van der Waals surface area contributed by atoms with Crippen LogP contribution in [0.5, 0.6) is 11.5 Å². The van der Waals surface area contributed by atoms with E-state index in [0.29, 0.717) is 0 Å². The van der Waals surface area contributed by atoms with Gasteiger partial charge in [0.2, 0.25) is 0 Å². The van der Waals surface area contributed by atoms with Gasteiger partial charge in [0.1, 0.15) is 11.5 Å². The molecule has 0 bridgehead atoms. The molecule has 1 spiro atoms. The molecule has 2 aliphatic rings. The average molecular weight is 486 g/mol. The summed E-state index contributed by atoms with van der Waals surface area (Å²) in [5.74, 6) is 0.772. The Bertz CT molecular complexity index is 1400. The Morgan fingerprint density at radius 3 is 2.03 bits per heavy atom. The van der Waals surface area contributed by atoms with Crippen molar-refractivity contribution in [2.24, 2.45) is 0 Å². The van der Waals surface area contributed by atoms with Gasteiger partial charge < -0.3 is 14.4 Å². The molecule has 1 atom stereocenters. The Kier molecular flexibility index (Phi) is 6.28. The van der Waals surface area contributed by atoms with Gasteiger partial charge in [0.15, 0.2) is 0 Å². The van der Waals surface area contributed by atoms with Crippen molar-refractivity contribution in [1.29, 1.82) is 0 Å². The molecule has 6 rings (SSSR count). The third-order valence-corrected chi connectivity index (χ3v) is 7.02. The normalized spacial score (nSPS) is 17.3. The van der Waals surface area contributed by atoms with Crippen molar-refractivity contribution in [3.63, 3.8) is 0 Å². The number of fused-ring (bicyclic) bond motifs is 2. The molecule has 2 aliphatic heterocycles. The zero-order chi connectivity index (χ0) is 25.1. The Morgan fingerprint density at radius 2 is 1.32 bits per heavy atom. The molecule has 1 unspecified atom stereocenters. The minimum atomic E-state index is -0.917. The summed E-state index contributed by atoms with van der Waals surface area (Å²) in [7, 11) is 0. The van der Waals surface area contributed by atoms with Gasteiger partial charge >= 0.3 is 0 Å². The van der Waals surface area contributed by atoms with E-state index in [1.54, 1.807) is 0 Å². The Morgan fingerprint density at radius 1 is 0.676 bits per heavy atom. The lowest BCUT2D eigenvalue weighted by molar-refractivity contribution is -0.0437. The number of anilines is 1. The first-order chi connectivity index (χ1) is 18.2. The minimum absolute atomic E-state index is 0.806. The lowest BCUT2D eigenvalue weighted by Crippen LogP contribution is -2.45. The van der Waals surface area contributed by atoms with Gasteiger partial charge in [-0.15, -0.1) is 0 Å². The molecule has 0 saturated carbocycles. The van der Waals surface area contributed by atoms with Crippen LogP contribution in [0.1, 0.15) is 42.0 Å². The number of hydrogen-bond acceptors (Lipinski definition) is 3. The van der Waals surface area contributed by atoms with Gasteiger partial charge in [0.05, 0.1) is 0 Å². The highest BCUT2D eigenvalue weighted by Gasteiger charge is 2.42.